The number of nitrogens with one attached hydrogen (secondary N) is 2. The van der Waals surface area contributed by atoms with E-state index < -0.39 is 53.4 Å². The first kappa shape index (κ1) is 63.2. The number of benzene rings is 2. The number of hydrogen-bond acceptors (Lipinski definition) is 16. The standard InChI is InChI=1S/C62H80F3N13O7S/c1-38-53(86-37-73-38)40-17-15-39(16-18-40)30-69-59(83)47-29-43(79)33-78(47)60(84)54(61(2,3)4)74-50(80)13-10-8-6-5-7-9-11-14-51(81)75-25-21-44(22-26-75)85-49-20-19-41(27-45(49)63)46-28-42(32-77-36-72-52-57(66)70-35-71-58(52)77)48(31-68-46)76-24-12-23-62(67,34-76)55(82)56(64)65/h15-20,27-28,31,35-37,43-44,47,54-56,79,82H,5-14,21-26,29-30,32-34,67H2,1-4H3,(H,69,83)(H,74,80)(H2,66,70,71)/t43-,47+,54-,55-,62-/m1/s1. The number of piperidine rings is 2. The molecule has 0 radical (unpaired) electrons. The fourth-order valence-corrected chi connectivity index (χ4v) is 12.7. The number of nitrogen functional groups attached to an aromatic ring is 1. The Hall–Kier alpha value is -7.28. The molecule has 3 saturated heterocycles. The molecule has 5 atom stereocenters. The Kier molecular flexibility index (Phi) is 20.6. The van der Waals surface area contributed by atoms with E-state index in [0.717, 1.165) is 60.2 Å². The molecule has 4 aromatic heterocycles. The summed E-state index contributed by atoms with van der Waals surface area (Å²) in [6.45, 7) is 9.48. The summed E-state index contributed by atoms with van der Waals surface area (Å²) >= 11 is 1.57. The number of ether oxygens (including phenoxy) is 1. The average Bonchev–Trinajstić information content (AvgIpc) is 2.45. The lowest BCUT2D eigenvalue weighted by Gasteiger charge is -2.44. The lowest BCUT2D eigenvalue weighted by atomic mass is 9.84. The molecule has 0 saturated carbocycles. The van der Waals surface area contributed by atoms with Crippen molar-refractivity contribution in [1.82, 2.24) is 49.9 Å². The number of halogens is 3. The number of aliphatic hydroxyl groups is 2. The zero-order valence-electron chi connectivity index (χ0n) is 49.4. The molecule has 7 heterocycles. The molecular formula is C62H80F3N13O7S. The van der Waals surface area contributed by atoms with Crippen LogP contribution in [-0.2, 0) is 32.3 Å². The maximum absolute atomic E-state index is 15.9. The van der Waals surface area contributed by atoms with Gasteiger partial charge in [0.25, 0.3) is 6.43 Å². The molecule has 0 spiro atoms. The molecule has 0 bridgehead atoms. The molecule has 24 heteroatoms. The van der Waals surface area contributed by atoms with Gasteiger partial charge >= 0.3 is 0 Å². The van der Waals surface area contributed by atoms with Crippen molar-refractivity contribution in [1.29, 1.82) is 0 Å². The van der Waals surface area contributed by atoms with Gasteiger partial charge in [0.15, 0.2) is 23.0 Å². The number of nitrogens with zero attached hydrogens (tertiary/aromatic N) is 9. The number of aryl methyl sites for hydroxylation is 1. The summed E-state index contributed by atoms with van der Waals surface area (Å²) in [6.07, 6.45) is 6.89. The zero-order valence-corrected chi connectivity index (χ0v) is 50.2. The summed E-state index contributed by atoms with van der Waals surface area (Å²) < 4.78 is 51.3. The highest BCUT2D eigenvalue weighted by atomic mass is 32.1. The number of β-amino-alcohol motifs (C(OH)–C–C–N with tert-alkyl or cyclic N) is 1. The number of imidazole rings is 1. The van der Waals surface area contributed by atoms with Gasteiger partial charge in [-0.15, -0.1) is 11.3 Å². The quantitative estimate of drug-likeness (QED) is 0.0317. The largest absolute Gasteiger partial charge is 0.487 e. The predicted molar refractivity (Wildman–Crippen MR) is 322 cm³/mol. The first-order valence-corrected chi connectivity index (χ1v) is 30.7. The Morgan fingerprint density at radius 2 is 1.62 bits per heavy atom. The first-order chi connectivity index (χ1) is 41.1. The Morgan fingerprint density at radius 3 is 2.30 bits per heavy atom. The number of pyridine rings is 1. The second-order valence-electron chi connectivity index (χ2n) is 24.3. The highest BCUT2D eigenvalue weighted by Crippen LogP contribution is 2.36. The van der Waals surface area contributed by atoms with Crippen LogP contribution in [0.2, 0.25) is 0 Å². The van der Waals surface area contributed by atoms with Crippen molar-refractivity contribution in [3.8, 4) is 27.4 Å². The van der Waals surface area contributed by atoms with Crippen LogP contribution >= 0.6 is 11.3 Å². The molecular weight excluding hydrogens is 1130 g/mol. The van der Waals surface area contributed by atoms with Gasteiger partial charge < -0.3 is 56.3 Å². The minimum absolute atomic E-state index is 0.00200. The summed E-state index contributed by atoms with van der Waals surface area (Å²) in [5, 5.41) is 26.9. The van der Waals surface area contributed by atoms with E-state index in [1.165, 1.54) is 17.3 Å². The highest BCUT2D eigenvalue weighted by molar-refractivity contribution is 7.13. The molecule has 462 valence electrons. The third-order valence-electron chi connectivity index (χ3n) is 16.8. The van der Waals surface area contributed by atoms with Gasteiger partial charge in [0.1, 0.15) is 36.1 Å². The number of hydrogen-bond donors (Lipinski definition) is 6. The molecule has 3 fully saturated rings. The molecule has 6 aromatic rings. The summed E-state index contributed by atoms with van der Waals surface area (Å²) in [7, 11) is 0. The maximum Gasteiger partial charge on any atom is 0.265 e. The van der Waals surface area contributed by atoms with Crippen molar-refractivity contribution in [2.75, 3.05) is 43.4 Å². The van der Waals surface area contributed by atoms with Gasteiger partial charge in [-0.05, 0) is 79.0 Å². The smallest absolute Gasteiger partial charge is 0.265 e. The summed E-state index contributed by atoms with van der Waals surface area (Å²) in [4.78, 5) is 82.0. The summed E-state index contributed by atoms with van der Waals surface area (Å²) in [5.74, 6) is -1.19. The summed E-state index contributed by atoms with van der Waals surface area (Å²) in [6, 6.07) is 12.6. The number of anilines is 2. The molecule has 0 unspecified atom stereocenters. The predicted octanol–water partition coefficient (Wildman–Crippen LogP) is 7.70. The fourth-order valence-electron chi connectivity index (χ4n) is 11.8. The van der Waals surface area contributed by atoms with Crippen molar-refractivity contribution >= 4 is 57.6 Å². The number of alkyl halides is 2. The van der Waals surface area contributed by atoms with E-state index in [2.05, 4.69) is 35.6 Å². The van der Waals surface area contributed by atoms with Crippen LogP contribution in [0.4, 0.5) is 24.7 Å². The molecule has 2 aromatic carbocycles. The van der Waals surface area contributed by atoms with Gasteiger partial charge in [-0.1, -0.05) is 77.1 Å². The SMILES string of the molecule is Cc1ncsc1-c1ccc(CNC(=O)[C@@H]2C[C@@H](O)CN2C(=O)[C@@H](NC(=O)CCCCCCCCCC(=O)N2CCC(Oc3ccc(-c4cc(Cn5cnc6c(N)ncnc65)c(N5CCC[C@](N)([C@H](O)C(F)F)C5)cn4)cc3F)CC2)C(C)(C)C)cc1. The third-order valence-corrected chi connectivity index (χ3v) is 17.8. The molecule has 3 aliphatic heterocycles. The van der Waals surface area contributed by atoms with Gasteiger partial charge in [0.05, 0.1) is 58.2 Å². The minimum atomic E-state index is -3.01. The van der Waals surface area contributed by atoms with Gasteiger partial charge in [-0.3, -0.25) is 24.2 Å². The van der Waals surface area contributed by atoms with E-state index in [1.807, 2.05) is 67.3 Å². The minimum Gasteiger partial charge on any atom is -0.487 e. The number of nitrogens with two attached hydrogens (primary N) is 2. The lowest BCUT2D eigenvalue weighted by Crippen LogP contribution is -2.63. The number of aromatic nitrogens is 6. The van der Waals surface area contributed by atoms with Crippen molar-refractivity contribution < 1.29 is 47.3 Å². The fraction of sp³-hybridized carbons (Fsp3) is 0.532. The van der Waals surface area contributed by atoms with E-state index >= 15 is 4.39 Å². The third kappa shape index (κ3) is 15.5. The molecule has 0 aliphatic carbocycles. The number of unbranched alkanes of at least 4 members (excludes halogenated alkanes) is 6. The van der Waals surface area contributed by atoms with Gasteiger partial charge in [0, 0.05) is 76.9 Å². The summed E-state index contributed by atoms with van der Waals surface area (Å²) in [5.41, 5.74) is 18.1. The van der Waals surface area contributed by atoms with Crippen LogP contribution < -0.4 is 31.7 Å². The van der Waals surface area contributed by atoms with Crippen molar-refractivity contribution in [3.63, 3.8) is 0 Å². The normalized spacial score (nSPS) is 19.3. The molecule has 3 aliphatic rings. The van der Waals surface area contributed by atoms with Crippen LogP contribution in [0.25, 0.3) is 32.9 Å². The number of carbonyl (C=O) groups is 4. The monoisotopic (exact) mass is 1210 g/mol. The van der Waals surface area contributed by atoms with E-state index in [1.54, 1.807) is 46.6 Å². The lowest BCUT2D eigenvalue weighted by molar-refractivity contribution is -0.144. The number of amides is 4. The zero-order chi connectivity index (χ0) is 61.3. The molecule has 8 N–H and O–H groups in total. The Morgan fingerprint density at radius 1 is 0.907 bits per heavy atom. The van der Waals surface area contributed by atoms with Crippen LogP contribution in [0, 0.1) is 18.2 Å². The van der Waals surface area contributed by atoms with Crippen LogP contribution in [0.3, 0.4) is 0 Å². The van der Waals surface area contributed by atoms with E-state index in [9.17, 15) is 38.2 Å². The van der Waals surface area contributed by atoms with Crippen molar-refractivity contribution in [3.05, 3.63) is 95.5 Å². The number of aliphatic hydroxyl groups excluding tert-OH is 2. The Balaban J connectivity index is 0.675. The molecule has 86 heavy (non-hydrogen) atoms. The van der Waals surface area contributed by atoms with E-state index in [0.29, 0.717) is 85.4 Å². The number of fused-ring (bicyclic) bond motifs is 1. The molecule has 4 amide bonds. The second-order valence-corrected chi connectivity index (χ2v) is 25.2. The number of thiazole rings is 1. The molecule has 20 nitrogen and oxygen atoms in total. The Bertz CT molecular complexity index is 3320. The molecule has 9 rings (SSSR count). The van der Waals surface area contributed by atoms with E-state index in [4.69, 9.17) is 16.2 Å². The van der Waals surface area contributed by atoms with Gasteiger partial charge in [-0.25, -0.2) is 33.1 Å². The topological polar surface area (TPSA) is 273 Å². The van der Waals surface area contributed by atoms with Crippen LogP contribution in [0.1, 0.15) is 127 Å². The van der Waals surface area contributed by atoms with Crippen molar-refractivity contribution in [2.24, 2.45) is 11.1 Å². The van der Waals surface area contributed by atoms with Crippen LogP contribution in [-0.4, -0.2) is 148 Å². The second kappa shape index (κ2) is 28.0. The number of rotatable bonds is 24. The van der Waals surface area contributed by atoms with Crippen LogP contribution in [0.15, 0.2) is 72.9 Å². The first-order valence-electron chi connectivity index (χ1n) is 29.9. The van der Waals surface area contributed by atoms with Crippen molar-refractivity contribution in [2.45, 2.75) is 173 Å². The average molecular weight is 1210 g/mol. The number of likely N-dealkylation sites (tertiary alicyclic amines) is 2. The Labute approximate surface area is 503 Å². The highest BCUT2D eigenvalue weighted by Gasteiger charge is 2.45. The number of carbonyl (C=O) groups excluding carboxylic acids is 4. The van der Waals surface area contributed by atoms with E-state index in [-0.39, 0.29) is 80.8 Å². The van der Waals surface area contributed by atoms with Gasteiger partial charge in [0.2, 0.25) is 23.6 Å². The van der Waals surface area contributed by atoms with Crippen LogP contribution in [0.5, 0.6) is 5.75 Å². The maximum atomic E-state index is 15.9. The van der Waals surface area contributed by atoms with Gasteiger partial charge in [-0.2, -0.15) is 0 Å².